The molecule has 3 aromatic heterocycles. The van der Waals surface area contributed by atoms with Crippen molar-refractivity contribution in [2.45, 2.75) is 26.4 Å². The summed E-state index contributed by atoms with van der Waals surface area (Å²) in [6.45, 7) is 4.76. The molecule has 108 valence electrons. The van der Waals surface area contributed by atoms with E-state index < -0.39 is 0 Å². The molecular weight excluding hydrogens is 264 g/mol. The number of aromatic nitrogens is 3. The molecule has 5 nitrogen and oxygen atoms in total. The predicted octanol–water partition coefficient (Wildman–Crippen LogP) is 3.22. The van der Waals surface area contributed by atoms with Crippen molar-refractivity contribution in [3.63, 3.8) is 0 Å². The number of hydrogen-bond acceptors (Lipinski definition) is 4. The first-order chi connectivity index (χ1) is 10.2. The largest absolute Gasteiger partial charge is 0.460 e. The van der Waals surface area contributed by atoms with E-state index in [9.17, 15) is 0 Å². The molecule has 0 aromatic carbocycles. The van der Waals surface area contributed by atoms with E-state index in [4.69, 9.17) is 4.42 Å². The first kappa shape index (κ1) is 13.6. The quantitative estimate of drug-likeness (QED) is 0.754. The van der Waals surface area contributed by atoms with Gasteiger partial charge in [-0.25, -0.2) is 0 Å². The van der Waals surface area contributed by atoms with Crippen molar-refractivity contribution in [3.8, 4) is 11.5 Å². The molecule has 1 atom stereocenters. The molecule has 0 amide bonds. The van der Waals surface area contributed by atoms with Gasteiger partial charge in [-0.05, 0) is 37.6 Å². The lowest BCUT2D eigenvalue weighted by Gasteiger charge is -2.13. The number of furan rings is 1. The molecule has 0 radical (unpaired) electrons. The maximum Gasteiger partial charge on any atom is 0.152 e. The molecule has 0 aliphatic heterocycles. The highest BCUT2D eigenvalue weighted by Gasteiger charge is 2.12. The van der Waals surface area contributed by atoms with Crippen molar-refractivity contribution in [1.82, 2.24) is 20.5 Å². The van der Waals surface area contributed by atoms with Gasteiger partial charge in [0.2, 0.25) is 0 Å². The maximum absolute atomic E-state index is 5.65. The molecular formula is C16H18N4O. The van der Waals surface area contributed by atoms with Crippen LogP contribution < -0.4 is 5.32 Å². The number of H-pyrrole nitrogens is 1. The van der Waals surface area contributed by atoms with Gasteiger partial charge in [0.25, 0.3) is 0 Å². The second kappa shape index (κ2) is 5.93. The van der Waals surface area contributed by atoms with E-state index in [-0.39, 0.29) is 6.04 Å². The van der Waals surface area contributed by atoms with Crippen molar-refractivity contribution < 1.29 is 4.42 Å². The van der Waals surface area contributed by atoms with Gasteiger partial charge in [0.15, 0.2) is 5.76 Å². The van der Waals surface area contributed by atoms with Gasteiger partial charge in [0, 0.05) is 30.5 Å². The summed E-state index contributed by atoms with van der Waals surface area (Å²) in [6, 6.07) is 8.14. The fourth-order valence-electron chi connectivity index (χ4n) is 2.24. The van der Waals surface area contributed by atoms with Gasteiger partial charge in [-0.1, -0.05) is 6.07 Å². The molecule has 0 saturated carbocycles. The minimum Gasteiger partial charge on any atom is -0.460 e. The SMILES string of the molecule is Cc1ccc(-c2[nH]ncc2CNC(C)c2cccnc2)o1. The summed E-state index contributed by atoms with van der Waals surface area (Å²) in [5.41, 5.74) is 3.17. The van der Waals surface area contributed by atoms with Crippen molar-refractivity contribution in [2.24, 2.45) is 0 Å². The van der Waals surface area contributed by atoms with Gasteiger partial charge in [-0.15, -0.1) is 0 Å². The highest BCUT2D eigenvalue weighted by Crippen LogP contribution is 2.23. The zero-order chi connectivity index (χ0) is 14.7. The lowest BCUT2D eigenvalue weighted by atomic mass is 10.1. The van der Waals surface area contributed by atoms with Crippen molar-refractivity contribution in [3.05, 3.63) is 59.7 Å². The van der Waals surface area contributed by atoms with Crippen LogP contribution in [0.5, 0.6) is 0 Å². The van der Waals surface area contributed by atoms with Crippen LogP contribution in [0.4, 0.5) is 0 Å². The molecule has 21 heavy (non-hydrogen) atoms. The van der Waals surface area contributed by atoms with Gasteiger partial charge < -0.3 is 9.73 Å². The molecule has 0 aliphatic rings. The average Bonchev–Trinajstić information content (AvgIpc) is 3.14. The summed E-state index contributed by atoms with van der Waals surface area (Å²) in [5.74, 6) is 1.71. The van der Waals surface area contributed by atoms with Gasteiger partial charge >= 0.3 is 0 Å². The van der Waals surface area contributed by atoms with Crippen LogP contribution in [0.25, 0.3) is 11.5 Å². The van der Waals surface area contributed by atoms with Gasteiger partial charge in [-0.2, -0.15) is 5.10 Å². The topological polar surface area (TPSA) is 66.7 Å². The van der Waals surface area contributed by atoms with E-state index >= 15 is 0 Å². The van der Waals surface area contributed by atoms with Crippen LogP contribution in [0.1, 0.15) is 29.9 Å². The summed E-state index contributed by atoms with van der Waals surface area (Å²) in [4.78, 5) is 4.15. The van der Waals surface area contributed by atoms with E-state index in [1.165, 1.54) is 0 Å². The molecule has 0 spiro atoms. The van der Waals surface area contributed by atoms with E-state index in [1.807, 2.05) is 37.5 Å². The minimum absolute atomic E-state index is 0.222. The molecule has 5 heteroatoms. The zero-order valence-corrected chi connectivity index (χ0v) is 12.1. The third kappa shape index (κ3) is 3.03. The molecule has 3 aromatic rings. The number of nitrogens with zero attached hydrogens (tertiary/aromatic N) is 2. The van der Waals surface area contributed by atoms with Gasteiger partial charge in [0.1, 0.15) is 11.5 Å². The third-order valence-corrected chi connectivity index (χ3v) is 3.49. The van der Waals surface area contributed by atoms with E-state index in [0.717, 1.165) is 28.3 Å². The Morgan fingerprint density at radius 2 is 2.19 bits per heavy atom. The van der Waals surface area contributed by atoms with Crippen molar-refractivity contribution in [2.75, 3.05) is 0 Å². The normalized spacial score (nSPS) is 12.5. The van der Waals surface area contributed by atoms with Crippen LogP contribution in [0, 0.1) is 6.92 Å². The van der Waals surface area contributed by atoms with E-state index in [0.29, 0.717) is 6.54 Å². The standard InChI is InChI=1S/C16H18N4O/c1-11-5-6-15(21-11)16-14(10-19-20-16)9-18-12(2)13-4-3-7-17-8-13/h3-8,10,12,18H,9H2,1-2H3,(H,19,20). The molecule has 3 rings (SSSR count). The van der Waals surface area contributed by atoms with Crippen LogP contribution in [0.3, 0.4) is 0 Å². The molecule has 0 bridgehead atoms. The number of pyridine rings is 1. The lowest BCUT2D eigenvalue weighted by molar-refractivity contribution is 0.542. The van der Waals surface area contributed by atoms with Crippen LogP contribution in [0.2, 0.25) is 0 Å². The summed E-state index contributed by atoms with van der Waals surface area (Å²) < 4.78 is 5.65. The highest BCUT2D eigenvalue weighted by atomic mass is 16.3. The summed E-state index contributed by atoms with van der Waals surface area (Å²) in [7, 11) is 0. The van der Waals surface area contributed by atoms with Crippen LogP contribution >= 0.6 is 0 Å². The number of aromatic amines is 1. The summed E-state index contributed by atoms with van der Waals surface area (Å²) >= 11 is 0. The van der Waals surface area contributed by atoms with E-state index in [1.54, 1.807) is 6.20 Å². The maximum atomic E-state index is 5.65. The Labute approximate surface area is 123 Å². The van der Waals surface area contributed by atoms with Crippen LogP contribution in [-0.2, 0) is 6.54 Å². The molecule has 0 saturated heterocycles. The molecule has 0 fully saturated rings. The number of nitrogens with one attached hydrogen (secondary N) is 2. The van der Waals surface area contributed by atoms with Crippen molar-refractivity contribution in [1.29, 1.82) is 0 Å². The Morgan fingerprint density at radius 3 is 2.90 bits per heavy atom. The zero-order valence-electron chi connectivity index (χ0n) is 12.1. The van der Waals surface area contributed by atoms with Crippen LogP contribution in [0.15, 0.2) is 47.3 Å². The predicted molar refractivity (Wildman–Crippen MR) is 80.5 cm³/mol. The summed E-state index contributed by atoms with van der Waals surface area (Å²) in [5, 5.41) is 10.6. The van der Waals surface area contributed by atoms with E-state index in [2.05, 4.69) is 33.5 Å². The highest BCUT2D eigenvalue weighted by molar-refractivity contribution is 5.56. The summed E-state index contributed by atoms with van der Waals surface area (Å²) in [6.07, 6.45) is 5.49. The molecule has 3 heterocycles. The van der Waals surface area contributed by atoms with Gasteiger partial charge in [-0.3, -0.25) is 10.1 Å². The van der Waals surface area contributed by atoms with Crippen LogP contribution in [-0.4, -0.2) is 15.2 Å². The monoisotopic (exact) mass is 282 g/mol. The molecule has 2 N–H and O–H groups in total. The number of hydrogen-bond donors (Lipinski definition) is 2. The first-order valence-corrected chi connectivity index (χ1v) is 6.96. The number of aryl methyl sites for hydroxylation is 1. The number of rotatable bonds is 5. The fraction of sp³-hybridized carbons (Fsp3) is 0.250. The fourth-order valence-corrected chi connectivity index (χ4v) is 2.24. The first-order valence-electron chi connectivity index (χ1n) is 6.96. The Kier molecular flexibility index (Phi) is 3.83. The molecule has 0 aliphatic carbocycles. The Morgan fingerprint density at radius 1 is 1.29 bits per heavy atom. The second-order valence-electron chi connectivity index (χ2n) is 5.07. The van der Waals surface area contributed by atoms with Crippen molar-refractivity contribution >= 4 is 0 Å². The second-order valence-corrected chi connectivity index (χ2v) is 5.07. The minimum atomic E-state index is 0.222. The Balaban J connectivity index is 1.71. The Hall–Kier alpha value is -2.40. The lowest BCUT2D eigenvalue weighted by Crippen LogP contribution is -2.18. The van der Waals surface area contributed by atoms with Gasteiger partial charge in [0.05, 0.1) is 6.20 Å². The smallest absolute Gasteiger partial charge is 0.152 e. The Bertz CT molecular complexity index is 702. The average molecular weight is 282 g/mol. The third-order valence-electron chi connectivity index (χ3n) is 3.49. The molecule has 1 unspecified atom stereocenters.